The summed E-state index contributed by atoms with van der Waals surface area (Å²) in [7, 11) is 1.48. The van der Waals surface area contributed by atoms with Crippen molar-refractivity contribution in [2.75, 3.05) is 33.3 Å². The lowest BCUT2D eigenvalue weighted by atomic mass is 10.1. The fourth-order valence-electron chi connectivity index (χ4n) is 2.07. The maximum Gasteiger partial charge on any atom is 0.257 e. The maximum absolute atomic E-state index is 13.3. The molecule has 1 fully saturated rings. The summed E-state index contributed by atoms with van der Waals surface area (Å²) in [5.74, 6) is -0.180. The van der Waals surface area contributed by atoms with Crippen LogP contribution in [0.25, 0.3) is 0 Å². The third-order valence-corrected chi connectivity index (χ3v) is 3.02. The fourth-order valence-corrected chi connectivity index (χ4v) is 2.07. The van der Waals surface area contributed by atoms with Crippen molar-refractivity contribution >= 4 is 5.91 Å². The minimum absolute atomic E-state index is 0.171. The SMILES string of the molecule is COc1ccc(F)cc1C(=O)N1CCCNCC1. The number of hydrogen-bond acceptors (Lipinski definition) is 3. The molecule has 0 saturated carbocycles. The fraction of sp³-hybridized carbons (Fsp3) is 0.462. The second kappa shape index (κ2) is 5.82. The average Bonchev–Trinajstić information content (AvgIpc) is 2.66. The number of methoxy groups -OCH3 is 1. The smallest absolute Gasteiger partial charge is 0.257 e. The van der Waals surface area contributed by atoms with Gasteiger partial charge in [0.15, 0.2) is 0 Å². The van der Waals surface area contributed by atoms with Gasteiger partial charge in [-0.3, -0.25) is 4.79 Å². The first-order valence-electron chi connectivity index (χ1n) is 6.06. The first-order chi connectivity index (χ1) is 8.72. The van der Waals surface area contributed by atoms with Crippen molar-refractivity contribution in [1.82, 2.24) is 10.2 Å². The number of halogens is 1. The van der Waals surface area contributed by atoms with E-state index in [2.05, 4.69) is 5.32 Å². The van der Waals surface area contributed by atoms with Gasteiger partial charge in [-0.1, -0.05) is 0 Å². The Morgan fingerprint density at radius 1 is 1.39 bits per heavy atom. The van der Waals surface area contributed by atoms with Crippen molar-refractivity contribution < 1.29 is 13.9 Å². The van der Waals surface area contributed by atoms with Gasteiger partial charge in [0, 0.05) is 19.6 Å². The predicted molar refractivity (Wildman–Crippen MR) is 66.3 cm³/mol. The molecular weight excluding hydrogens is 235 g/mol. The molecule has 5 heteroatoms. The van der Waals surface area contributed by atoms with Gasteiger partial charge in [0.2, 0.25) is 0 Å². The van der Waals surface area contributed by atoms with Crippen LogP contribution >= 0.6 is 0 Å². The average molecular weight is 252 g/mol. The lowest BCUT2D eigenvalue weighted by molar-refractivity contribution is 0.0762. The topological polar surface area (TPSA) is 41.6 Å². The van der Waals surface area contributed by atoms with Gasteiger partial charge >= 0.3 is 0 Å². The highest BCUT2D eigenvalue weighted by Crippen LogP contribution is 2.21. The Hall–Kier alpha value is -1.62. The molecule has 1 aromatic carbocycles. The van der Waals surface area contributed by atoms with Crippen molar-refractivity contribution in [3.8, 4) is 5.75 Å². The molecule has 0 unspecified atom stereocenters. The van der Waals surface area contributed by atoms with E-state index in [4.69, 9.17) is 4.74 Å². The zero-order chi connectivity index (χ0) is 13.0. The molecule has 1 heterocycles. The third kappa shape index (κ3) is 2.79. The predicted octanol–water partition coefficient (Wildman–Crippen LogP) is 1.27. The van der Waals surface area contributed by atoms with Crippen LogP contribution in [0.15, 0.2) is 18.2 Å². The summed E-state index contributed by atoms with van der Waals surface area (Å²) in [6.07, 6.45) is 0.906. The second-order valence-corrected chi connectivity index (χ2v) is 4.24. The third-order valence-electron chi connectivity index (χ3n) is 3.02. The molecular formula is C13H17FN2O2. The molecule has 1 aliphatic heterocycles. The highest BCUT2D eigenvalue weighted by Gasteiger charge is 2.20. The van der Waals surface area contributed by atoms with E-state index < -0.39 is 5.82 Å². The molecule has 1 aromatic rings. The van der Waals surface area contributed by atoms with Crippen LogP contribution in [0.1, 0.15) is 16.8 Å². The van der Waals surface area contributed by atoms with Crippen molar-refractivity contribution in [3.05, 3.63) is 29.6 Å². The van der Waals surface area contributed by atoms with E-state index in [0.717, 1.165) is 19.5 Å². The van der Waals surface area contributed by atoms with Crippen molar-refractivity contribution in [1.29, 1.82) is 0 Å². The van der Waals surface area contributed by atoms with Gasteiger partial charge in [-0.2, -0.15) is 0 Å². The van der Waals surface area contributed by atoms with Crippen molar-refractivity contribution in [2.45, 2.75) is 6.42 Å². The van der Waals surface area contributed by atoms with E-state index in [1.807, 2.05) is 0 Å². The van der Waals surface area contributed by atoms with Crippen LogP contribution in [0.4, 0.5) is 4.39 Å². The van der Waals surface area contributed by atoms with Gasteiger partial charge in [0.05, 0.1) is 12.7 Å². The van der Waals surface area contributed by atoms with Crippen LogP contribution in [0, 0.1) is 5.82 Å². The Labute approximate surface area is 106 Å². The lowest BCUT2D eigenvalue weighted by Crippen LogP contribution is -2.34. The molecule has 0 atom stereocenters. The van der Waals surface area contributed by atoms with E-state index in [-0.39, 0.29) is 5.91 Å². The van der Waals surface area contributed by atoms with Gasteiger partial charge in [-0.05, 0) is 31.2 Å². The van der Waals surface area contributed by atoms with Crippen molar-refractivity contribution in [2.24, 2.45) is 0 Å². The molecule has 4 nitrogen and oxygen atoms in total. The summed E-state index contributed by atoms with van der Waals surface area (Å²) in [5, 5.41) is 3.22. The summed E-state index contributed by atoms with van der Waals surface area (Å²) in [5.41, 5.74) is 0.291. The molecule has 98 valence electrons. The van der Waals surface area contributed by atoms with Gasteiger partial charge in [-0.15, -0.1) is 0 Å². The molecule has 2 rings (SSSR count). The standard InChI is InChI=1S/C13H17FN2O2/c1-18-12-4-3-10(14)9-11(12)13(17)16-7-2-5-15-6-8-16/h3-4,9,15H,2,5-8H2,1H3. The first kappa shape index (κ1) is 12.8. The summed E-state index contributed by atoms with van der Waals surface area (Å²) in [6.45, 7) is 3.00. The Balaban J connectivity index is 2.23. The van der Waals surface area contributed by atoms with E-state index >= 15 is 0 Å². The number of ether oxygens (including phenoxy) is 1. The number of benzene rings is 1. The minimum atomic E-state index is -0.424. The number of carbonyl (C=O) groups excluding carboxylic acids is 1. The number of carbonyl (C=O) groups is 1. The highest BCUT2D eigenvalue weighted by atomic mass is 19.1. The maximum atomic E-state index is 13.3. The van der Waals surface area contributed by atoms with Crippen LogP contribution in [-0.2, 0) is 0 Å². The zero-order valence-corrected chi connectivity index (χ0v) is 10.4. The molecule has 0 aromatic heterocycles. The molecule has 1 amide bonds. The van der Waals surface area contributed by atoms with E-state index in [1.54, 1.807) is 4.90 Å². The van der Waals surface area contributed by atoms with Gasteiger partial charge < -0.3 is 15.0 Å². The molecule has 0 radical (unpaired) electrons. The molecule has 0 bridgehead atoms. The quantitative estimate of drug-likeness (QED) is 0.862. The van der Waals surface area contributed by atoms with E-state index in [0.29, 0.717) is 24.4 Å². The Bertz CT molecular complexity index is 429. The second-order valence-electron chi connectivity index (χ2n) is 4.24. The van der Waals surface area contributed by atoms with Gasteiger partial charge in [0.25, 0.3) is 5.91 Å². The Kier molecular flexibility index (Phi) is 4.15. The summed E-state index contributed by atoms with van der Waals surface area (Å²) in [4.78, 5) is 14.1. The van der Waals surface area contributed by atoms with Crippen LogP contribution in [0.2, 0.25) is 0 Å². The number of hydrogen-bond donors (Lipinski definition) is 1. The number of amides is 1. The summed E-state index contributed by atoms with van der Waals surface area (Å²) < 4.78 is 18.4. The number of nitrogens with zero attached hydrogens (tertiary/aromatic N) is 1. The number of rotatable bonds is 2. The molecule has 1 saturated heterocycles. The largest absolute Gasteiger partial charge is 0.496 e. The van der Waals surface area contributed by atoms with Crippen LogP contribution in [0.5, 0.6) is 5.75 Å². The summed E-state index contributed by atoms with van der Waals surface area (Å²) in [6, 6.07) is 4.01. The zero-order valence-electron chi connectivity index (χ0n) is 10.4. The van der Waals surface area contributed by atoms with Crippen molar-refractivity contribution in [3.63, 3.8) is 0 Å². The van der Waals surface area contributed by atoms with Crippen LogP contribution < -0.4 is 10.1 Å². The monoisotopic (exact) mass is 252 g/mol. The Morgan fingerprint density at radius 2 is 2.22 bits per heavy atom. The molecule has 1 aliphatic rings. The highest BCUT2D eigenvalue weighted by molar-refractivity contribution is 5.97. The van der Waals surface area contributed by atoms with E-state index in [1.165, 1.54) is 25.3 Å². The number of nitrogens with one attached hydrogen (secondary N) is 1. The lowest BCUT2D eigenvalue weighted by Gasteiger charge is -2.21. The van der Waals surface area contributed by atoms with Crippen LogP contribution in [0.3, 0.4) is 0 Å². The Morgan fingerprint density at radius 3 is 3.00 bits per heavy atom. The molecule has 1 N–H and O–H groups in total. The molecule has 0 aliphatic carbocycles. The van der Waals surface area contributed by atoms with Crippen LogP contribution in [-0.4, -0.2) is 44.1 Å². The first-order valence-corrected chi connectivity index (χ1v) is 6.06. The molecule has 0 spiro atoms. The minimum Gasteiger partial charge on any atom is -0.496 e. The van der Waals surface area contributed by atoms with E-state index in [9.17, 15) is 9.18 Å². The normalized spacial score (nSPS) is 16.2. The summed E-state index contributed by atoms with van der Waals surface area (Å²) >= 11 is 0. The van der Waals surface area contributed by atoms with Gasteiger partial charge in [0.1, 0.15) is 11.6 Å². The molecule has 18 heavy (non-hydrogen) atoms. The van der Waals surface area contributed by atoms with Gasteiger partial charge in [-0.25, -0.2) is 4.39 Å².